The second-order valence-corrected chi connectivity index (χ2v) is 5.06. The molecule has 1 saturated heterocycles. The number of β-amino-alcohol motifs (C(OH)–C–C–N with tert-alkyl or cyclic N) is 1. The Morgan fingerprint density at radius 2 is 2.50 bits per heavy atom. The number of hydrogen-bond acceptors (Lipinski definition) is 6. The molecule has 2 N–H and O–H groups in total. The summed E-state index contributed by atoms with van der Waals surface area (Å²) in [4.78, 5) is 4.33. The third-order valence-electron chi connectivity index (χ3n) is 2.47. The number of nitrogens with zero attached hydrogens (tertiary/aromatic N) is 2. The van der Waals surface area contributed by atoms with E-state index in [4.69, 9.17) is 4.52 Å². The number of aromatic nitrogens is 2. The van der Waals surface area contributed by atoms with E-state index in [9.17, 15) is 5.11 Å². The van der Waals surface area contributed by atoms with Crippen LogP contribution in [0.25, 0.3) is 0 Å². The van der Waals surface area contributed by atoms with Crippen LogP contribution >= 0.6 is 11.8 Å². The van der Waals surface area contributed by atoms with Crippen LogP contribution in [0.15, 0.2) is 4.52 Å². The van der Waals surface area contributed by atoms with Crippen LogP contribution in [0.2, 0.25) is 0 Å². The summed E-state index contributed by atoms with van der Waals surface area (Å²) in [5.41, 5.74) is 0. The van der Waals surface area contributed by atoms with Crippen molar-refractivity contribution in [3.8, 4) is 0 Å². The van der Waals surface area contributed by atoms with Gasteiger partial charge in [-0.05, 0) is 18.6 Å². The lowest BCUT2D eigenvalue weighted by Gasteiger charge is -2.01. The molecule has 16 heavy (non-hydrogen) atoms. The number of nitrogens with one attached hydrogen (secondary N) is 1. The van der Waals surface area contributed by atoms with Crippen LogP contribution in [0.5, 0.6) is 0 Å². The first-order valence-corrected chi connectivity index (χ1v) is 6.76. The van der Waals surface area contributed by atoms with Gasteiger partial charge in [0, 0.05) is 6.54 Å². The maximum absolute atomic E-state index is 9.38. The Balaban J connectivity index is 1.87. The van der Waals surface area contributed by atoms with Crippen molar-refractivity contribution in [1.82, 2.24) is 15.5 Å². The Kier molecular flexibility index (Phi) is 4.20. The molecule has 1 aromatic heterocycles. The maximum Gasteiger partial charge on any atom is 0.243 e. The molecule has 1 unspecified atom stereocenters. The van der Waals surface area contributed by atoms with Gasteiger partial charge >= 0.3 is 0 Å². The molecule has 0 aliphatic carbocycles. The molecule has 2 heterocycles. The van der Waals surface area contributed by atoms with Gasteiger partial charge in [0.25, 0.3) is 0 Å². The second-order valence-electron chi connectivity index (χ2n) is 3.95. The van der Waals surface area contributed by atoms with Gasteiger partial charge in [0.15, 0.2) is 5.82 Å². The lowest BCUT2D eigenvalue weighted by Crippen LogP contribution is -2.15. The van der Waals surface area contributed by atoms with Crippen molar-refractivity contribution in [2.45, 2.75) is 37.7 Å². The van der Waals surface area contributed by atoms with Crippen LogP contribution in [0.4, 0.5) is 0 Å². The minimum absolute atomic E-state index is 0.0208. The van der Waals surface area contributed by atoms with Crippen molar-refractivity contribution in [1.29, 1.82) is 0 Å². The first-order chi connectivity index (χ1) is 7.79. The molecule has 1 aromatic rings. The van der Waals surface area contributed by atoms with Crippen LogP contribution < -0.4 is 5.32 Å². The summed E-state index contributed by atoms with van der Waals surface area (Å²) in [5.74, 6) is 3.26. The molecule has 0 saturated carbocycles. The summed E-state index contributed by atoms with van der Waals surface area (Å²) in [6.07, 6.45) is 1.52. The molecule has 2 atom stereocenters. The van der Waals surface area contributed by atoms with Gasteiger partial charge in [0.05, 0.1) is 17.9 Å². The standard InChI is InChI=1S/C10H17N3O2S/c1-2-3-16-6-9-12-10(15-13-9)8-4-7(14)5-11-8/h7-8,11,14H,2-6H2,1H3/t7?,8-/m0/s1. The third kappa shape index (κ3) is 2.96. The molecule has 0 aromatic carbocycles. The number of thioether (sulfide) groups is 1. The molecule has 2 rings (SSSR count). The summed E-state index contributed by atoms with van der Waals surface area (Å²) in [6, 6.07) is 0.0208. The zero-order valence-electron chi connectivity index (χ0n) is 9.35. The average Bonchev–Trinajstić information content (AvgIpc) is 2.87. The van der Waals surface area contributed by atoms with E-state index in [0.717, 1.165) is 23.8 Å². The predicted octanol–water partition coefficient (Wildman–Crippen LogP) is 1.11. The zero-order valence-corrected chi connectivity index (χ0v) is 10.2. The van der Waals surface area contributed by atoms with Crippen molar-refractivity contribution in [3.63, 3.8) is 0 Å². The first-order valence-electron chi connectivity index (χ1n) is 5.61. The Labute approximate surface area is 99.0 Å². The third-order valence-corrected chi connectivity index (χ3v) is 3.63. The fraction of sp³-hybridized carbons (Fsp3) is 0.800. The van der Waals surface area contributed by atoms with E-state index >= 15 is 0 Å². The fourth-order valence-electron chi connectivity index (χ4n) is 1.68. The molecule has 0 bridgehead atoms. The van der Waals surface area contributed by atoms with Gasteiger partial charge in [-0.15, -0.1) is 0 Å². The molecule has 1 fully saturated rings. The average molecular weight is 243 g/mol. The van der Waals surface area contributed by atoms with Crippen LogP contribution in [0, 0.1) is 0 Å². The summed E-state index contributed by atoms with van der Waals surface area (Å²) < 4.78 is 5.18. The van der Waals surface area contributed by atoms with Crippen molar-refractivity contribution in [2.24, 2.45) is 0 Å². The highest BCUT2D eigenvalue weighted by molar-refractivity contribution is 7.98. The van der Waals surface area contributed by atoms with Crippen LogP contribution in [0.3, 0.4) is 0 Å². The molecule has 0 radical (unpaired) electrons. The van der Waals surface area contributed by atoms with E-state index in [2.05, 4.69) is 22.4 Å². The fourth-order valence-corrected chi connectivity index (χ4v) is 2.41. The molecule has 0 spiro atoms. The van der Waals surface area contributed by atoms with E-state index in [1.165, 1.54) is 0 Å². The number of aliphatic hydroxyl groups is 1. The summed E-state index contributed by atoms with van der Waals surface area (Å²) >= 11 is 1.81. The minimum Gasteiger partial charge on any atom is -0.392 e. The zero-order chi connectivity index (χ0) is 11.4. The summed E-state index contributed by atoms with van der Waals surface area (Å²) in [7, 11) is 0. The van der Waals surface area contributed by atoms with Crippen LogP contribution in [0.1, 0.15) is 37.5 Å². The molecular weight excluding hydrogens is 226 g/mol. The molecule has 90 valence electrons. The highest BCUT2D eigenvalue weighted by Gasteiger charge is 2.27. The lowest BCUT2D eigenvalue weighted by molar-refractivity contribution is 0.191. The van der Waals surface area contributed by atoms with Crippen LogP contribution in [-0.2, 0) is 5.75 Å². The molecule has 1 aliphatic heterocycles. The van der Waals surface area contributed by atoms with Gasteiger partial charge in [-0.25, -0.2) is 0 Å². The molecule has 6 heteroatoms. The molecule has 1 aliphatic rings. The number of aliphatic hydroxyl groups excluding tert-OH is 1. The first kappa shape index (κ1) is 11.9. The van der Waals surface area contributed by atoms with E-state index in [1.54, 1.807) is 0 Å². The highest BCUT2D eigenvalue weighted by atomic mass is 32.2. The SMILES string of the molecule is CCCSCc1noc([C@@H]2CC(O)CN2)n1. The quantitative estimate of drug-likeness (QED) is 0.755. The predicted molar refractivity (Wildman–Crippen MR) is 62.1 cm³/mol. The lowest BCUT2D eigenvalue weighted by atomic mass is 10.2. The van der Waals surface area contributed by atoms with Gasteiger partial charge in [-0.1, -0.05) is 12.1 Å². The number of rotatable bonds is 5. The van der Waals surface area contributed by atoms with Crippen molar-refractivity contribution in [3.05, 3.63) is 11.7 Å². The van der Waals surface area contributed by atoms with Crippen LogP contribution in [-0.4, -0.2) is 33.6 Å². The largest absolute Gasteiger partial charge is 0.392 e. The monoisotopic (exact) mass is 243 g/mol. The van der Waals surface area contributed by atoms with Gasteiger partial charge < -0.3 is 14.9 Å². The van der Waals surface area contributed by atoms with E-state index in [0.29, 0.717) is 18.9 Å². The Bertz CT molecular complexity index is 332. The topological polar surface area (TPSA) is 71.2 Å². The van der Waals surface area contributed by atoms with E-state index in [1.807, 2.05) is 11.8 Å². The van der Waals surface area contributed by atoms with E-state index < -0.39 is 0 Å². The normalized spacial score (nSPS) is 25.1. The maximum atomic E-state index is 9.38. The van der Waals surface area contributed by atoms with Crippen molar-refractivity contribution < 1.29 is 9.63 Å². The summed E-state index contributed by atoms with van der Waals surface area (Å²) in [6.45, 7) is 2.76. The molecule has 5 nitrogen and oxygen atoms in total. The number of hydrogen-bond donors (Lipinski definition) is 2. The van der Waals surface area contributed by atoms with Gasteiger partial charge in [-0.2, -0.15) is 16.7 Å². The van der Waals surface area contributed by atoms with Gasteiger partial charge in [0.2, 0.25) is 5.89 Å². The Morgan fingerprint density at radius 1 is 1.62 bits per heavy atom. The van der Waals surface area contributed by atoms with Gasteiger partial charge in [0.1, 0.15) is 0 Å². The minimum atomic E-state index is -0.296. The van der Waals surface area contributed by atoms with Crippen molar-refractivity contribution in [2.75, 3.05) is 12.3 Å². The molecule has 0 amide bonds. The Morgan fingerprint density at radius 3 is 3.19 bits per heavy atom. The van der Waals surface area contributed by atoms with Crippen molar-refractivity contribution >= 4 is 11.8 Å². The Hall–Kier alpha value is -0.590. The van der Waals surface area contributed by atoms with E-state index in [-0.39, 0.29) is 12.1 Å². The highest BCUT2D eigenvalue weighted by Crippen LogP contribution is 2.22. The smallest absolute Gasteiger partial charge is 0.243 e. The second kappa shape index (κ2) is 5.65. The molecular formula is C10H17N3O2S. The summed E-state index contributed by atoms with van der Waals surface area (Å²) in [5, 5.41) is 16.5. The van der Waals surface area contributed by atoms with Gasteiger partial charge in [-0.3, -0.25) is 0 Å².